The fourth-order valence-corrected chi connectivity index (χ4v) is 3.28. The third-order valence-electron chi connectivity index (χ3n) is 3.96. The molecule has 0 aliphatic carbocycles. The van der Waals surface area contributed by atoms with Crippen LogP contribution < -0.4 is 0 Å². The molecule has 0 spiro atoms. The standard InChI is InChI=1S/C18H17NO2Se/c1-13(14-8-4-2-5-9-14)17(20)19-16(12-21-18(19)22)15-10-6-3-7-11-15/h2-11,13,16H,12H2,1H3/t13?,16-/m0/s1. The van der Waals surface area contributed by atoms with E-state index in [4.69, 9.17) is 4.74 Å². The van der Waals surface area contributed by atoms with Crippen LogP contribution in [0.25, 0.3) is 0 Å². The van der Waals surface area contributed by atoms with Crippen molar-refractivity contribution in [2.24, 2.45) is 0 Å². The molecule has 4 heteroatoms. The minimum atomic E-state index is -0.211. The summed E-state index contributed by atoms with van der Waals surface area (Å²) >= 11 is 2.88. The summed E-state index contributed by atoms with van der Waals surface area (Å²) in [6.45, 7) is 2.42. The number of carbonyl (C=O) groups is 1. The molecule has 22 heavy (non-hydrogen) atoms. The summed E-state index contributed by atoms with van der Waals surface area (Å²) < 4.78 is 6.16. The molecule has 1 saturated heterocycles. The third-order valence-corrected chi connectivity index (χ3v) is 4.62. The van der Waals surface area contributed by atoms with Gasteiger partial charge in [-0.15, -0.1) is 0 Å². The molecule has 3 rings (SSSR count). The van der Waals surface area contributed by atoms with Crippen LogP contribution in [0.1, 0.15) is 30.0 Å². The Hall–Kier alpha value is -1.90. The van der Waals surface area contributed by atoms with E-state index < -0.39 is 0 Å². The number of rotatable bonds is 3. The van der Waals surface area contributed by atoms with Crippen molar-refractivity contribution in [3.05, 3.63) is 71.8 Å². The molecule has 112 valence electrons. The van der Waals surface area contributed by atoms with Crippen molar-refractivity contribution in [2.75, 3.05) is 6.61 Å². The van der Waals surface area contributed by atoms with Crippen LogP contribution in [0.2, 0.25) is 0 Å². The summed E-state index contributed by atoms with van der Waals surface area (Å²) in [5.41, 5.74) is 2.10. The fourth-order valence-electron chi connectivity index (χ4n) is 2.68. The van der Waals surface area contributed by atoms with Gasteiger partial charge in [0.1, 0.15) is 0 Å². The van der Waals surface area contributed by atoms with Crippen molar-refractivity contribution in [3.8, 4) is 0 Å². The molecule has 2 aromatic rings. The Kier molecular flexibility index (Phi) is 4.41. The van der Waals surface area contributed by atoms with Crippen LogP contribution in [0.4, 0.5) is 0 Å². The average molecular weight is 358 g/mol. The molecule has 0 aromatic heterocycles. The summed E-state index contributed by atoms with van der Waals surface area (Å²) in [6, 6.07) is 19.8. The summed E-state index contributed by atoms with van der Waals surface area (Å²) in [6.07, 6.45) is 0. The molecule has 1 aliphatic heterocycles. The van der Waals surface area contributed by atoms with Gasteiger partial charge in [0.2, 0.25) is 0 Å². The number of carbonyl (C=O) groups excluding carboxylic acids is 1. The average Bonchev–Trinajstić information content (AvgIpc) is 2.96. The van der Waals surface area contributed by atoms with Gasteiger partial charge >= 0.3 is 138 Å². The van der Waals surface area contributed by atoms with Gasteiger partial charge in [-0.1, -0.05) is 0 Å². The Morgan fingerprint density at radius 2 is 1.73 bits per heavy atom. The zero-order valence-electron chi connectivity index (χ0n) is 12.3. The SMILES string of the molecule is CC(C(=O)N1C(=[Se])OC[C@H]1c1ccccc1)c1ccccc1. The van der Waals surface area contributed by atoms with E-state index in [0.717, 1.165) is 11.1 Å². The fraction of sp³-hybridized carbons (Fsp3) is 0.222. The van der Waals surface area contributed by atoms with Crippen molar-refractivity contribution in [1.82, 2.24) is 4.90 Å². The quantitative estimate of drug-likeness (QED) is 0.790. The van der Waals surface area contributed by atoms with E-state index >= 15 is 0 Å². The second-order valence-corrected chi connectivity index (χ2v) is 6.08. The van der Waals surface area contributed by atoms with Crippen LogP contribution in [0.5, 0.6) is 0 Å². The topological polar surface area (TPSA) is 29.5 Å². The first-order valence-corrected chi connectivity index (χ1v) is 8.14. The van der Waals surface area contributed by atoms with Gasteiger partial charge in [-0.3, -0.25) is 0 Å². The normalized spacial score (nSPS) is 18.9. The third kappa shape index (κ3) is 2.85. The molecule has 0 bridgehead atoms. The van der Waals surface area contributed by atoms with Gasteiger partial charge in [0.05, 0.1) is 0 Å². The van der Waals surface area contributed by atoms with E-state index in [0.29, 0.717) is 11.3 Å². The monoisotopic (exact) mass is 359 g/mol. The van der Waals surface area contributed by atoms with Crippen LogP contribution >= 0.6 is 0 Å². The van der Waals surface area contributed by atoms with Crippen molar-refractivity contribution in [2.45, 2.75) is 18.9 Å². The summed E-state index contributed by atoms with van der Waals surface area (Å²) in [7, 11) is 0. The van der Waals surface area contributed by atoms with Gasteiger partial charge in [0.25, 0.3) is 0 Å². The number of ether oxygens (including phenoxy) is 1. The van der Waals surface area contributed by atoms with E-state index in [1.807, 2.05) is 67.6 Å². The Morgan fingerprint density at radius 1 is 1.14 bits per heavy atom. The summed E-state index contributed by atoms with van der Waals surface area (Å²) in [5, 5.41) is 0. The van der Waals surface area contributed by atoms with Gasteiger partial charge in [0.15, 0.2) is 0 Å². The maximum atomic E-state index is 12.9. The van der Waals surface area contributed by atoms with E-state index in [1.165, 1.54) is 0 Å². The van der Waals surface area contributed by atoms with Gasteiger partial charge < -0.3 is 0 Å². The maximum absolute atomic E-state index is 12.9. The molecule has 1 aliphatic rings. The van der Waals surface area contributed by atoms with Gasteiger partial charge in [-0.25, -0.2) is 0 Å². The second kappa shape index (κ2) is 6.47. The molecular formula is C18H17NO2Se. The van der Waals surface area contributed by atoms with E-state index in [1.54, 1.807) is 4.90 Å². The van der Waals surface area contributed by atoms with E-state index in [-0.39, 0.29) is 17.9 Å². The molecule has 0 N–H and O–H groups in total. The first-order valence-electron chi connectivity index (χ1n) is 7.28. The molecular weight excluding hydrogens is 341 g/mol. The minimum absolute atomic E-state index is 0.0475. The molecule has 1 amide bonds. The van der Waals surface area contributed by atoms with Crippen molar-refractivity contribution < 1.29 is 9.53 Å². The molecule has 1 fully saturated rings. The van der Waals surface area contributed by atoms with Gasteiger partial charge in [-0.2, -0.15) is 0 Å². The molecule has 1 unspecified atom stereocenters. The Morgan fingerprint density at radius 3 is 2.36 bits per heavy atom. The van der Waals surface area contributed by atoms with E-state index in [2.05, 4.69) is 15.6 Å². The Labute approximate surface area is 138 Å². The van der Waals surface area contributed by atoms with Crippen molar-refractivity contribution in [3.63, 3.8) is 0 Å². The second-order valence-electron chi connectivity index (χ2n) is 5.34. The predicted octanol–water partition coefficient (Wildman–Crippen LogP) is 2.65. The molecule has 2 atom stereocenters. The Balaban J connectivity index is 1.88. The van der Waals surface area contributed by atoms with Crippen LogP contribution in [-0.4, -0.2) is 37.7 Å². The number of nitrogens with zero attached hydrogens (tertiary/aromatic N) is 1. The van der Waals surface area contributed by atoms with E-state index in [9.17, 15) is 4.79 Å². The molecule has 0 radical (unpaired) electrons. The van der Waals surface area contributed by atoms with Crippen molar-refractivity contribution >= 4 is 26.2 Å². The number of hydrogen-bond donors (Lipinski definition) is 0. The zero-order valence-corrected chi connectivity index (χ0v) is 14.0. The number of amides is 1. The molecule has 2 aromatic carbocycles. The van der Waals surface area contributed by atoms with Gasteiger partial charge in [0, 0.05) is 0 Å². The number of benzene rings is 2. The number of hydrogen-bond acceptors (Lipinski definition) is 2. The Bertz CT molecular complexity index is 672. The molecule has 1 heterocycles. The zero-order chi connectivity index (χ0) is 15.5. The van der Waals surface area contributed by atoms with Crippen LogP contribution in [0.15, 0.2) is 60.7 Å². The van der Waals surface area contributed by atoms with Gasteiger partial charge in [-0.05, 0) is 0 Å². The molecule has 3 nitrogen and oxygen atoms in total. The summed E-state index contributed by atoms with van der Waals surface area (Å²) in [5.74, 6) is -0.163. The van der Waals surface area contributed by atoms with Crippen LogP contribution in [0.3, 0.4) is 0 Å². The molecule has 0 saturated carbocycles. The first-order chi connectivity index (χ1) is 10.7. The predicted molar refractivity (Wildman–Crippen MR) is 87.6 cm³/mol. The van der Waals surface area contributed by atoms with Crippen LogP contribution in [-0.2, 0) is 9.53 Å². The van der Waals surface area contributed by atoms with Crippen LogP contribution in [0, 0.1) is 0 Å². The first kappa shape index (κ1) is 15.0. The van der Waals surface area contributed by atoms with Crippen molar-refractivity contribution in [1.29, 1.82) is 0 Å². The summed E-state index contributed by atoms with van der Waals surface area (Å²) in [4.78, 5) is 14.7.